The van der Waals surface area contributed by atoms with Crippen LogP contribution in [0.15, 0.2) is 90.5 Å². The number of fused-ring (bicyclic) bond motifs is 5. The van der Waals surface area contributed by atoms with Gasteiger partial charge < -0.3 is 0 Å². The summed E-state index contributed by atoms with van der Waals surface area (Å²) in [5.74, 6) is 1.63. The first kappa shape index (κ1) is 16.1. The van der Waals surface area contributed by atoms with E-state index >= 15 is 0 Å². The van der Waals surface area contributed by atoms with Gasteiger partial charge >= 0.3 is 0 Å². The molecule has 6 rings (SSSR count). The molecule has 3 aromatic carbocycles. The molecule has 0 aromatic heterocycles. The molecular weight excluding hydrogens is 336 g/mol. The standard InChI is InChI=1S/C28H24/c1-18-9-8-16-25-21-12-4-7-15-24(21)27(28(18)25)17-26-22-13-5-2-10-19(22)20-11-3-6-14-23(20)26/h2-8,10-16,18,26-27H,9,17H2,1H3. The summed E-state index contributed by atoms with van der Waals surface area (Å²) in [7, 11) is 0. The molecule has 0 amide bonds. The van der Waals surface area contributed by atoms with E-state index in [-0.39, 0.29) is 0 Å². The summed E-state index contributed by atoms with van der Waals surface area (Å²) in [4.78, 5) is 0. The molecule has 3 aromatic rings. The first-order chi connectivity index (χ1) is 13.8. The number of rotatable bonds is 2. The maximum absolute atomic E-state index is 2.41. The van der Waals surface area contributed by atoms with Crippen molar-refractivity contribution in [2.24, 2.45) is 5.92 Å². The quantitative estimate of drug-likeness (QED) is 0.448. The Hall–Kier alpha value is -2.86. The monoisotopic (exact) mass is 360 g/mol. The molecular formula is C28H24. The van der Waals surface area contributed by atoms with Crippen molar-refractivity contribution < 1.29 is 0 Å². The normalized spacial score (nSPS) is 22.0. The SMILES string of the molecule is CC1CC=CC2=C1C(CC1c3ccccc3-c3ccccc31)c1ccccc12. The molecule has 0 saturated heterocycles. The van der Waals surface area contributed by atoms with E-state index in [2.05, 4.69) is 91.9 Å². The maximum atomic E-state index is 2.41. The first-order valence-corrected chi connectivity index (χ1v) is 10.5. The predicted octanol–water partition coefficient (Wildman–Crippen LogP) is 7.34. The van der Waals surface area contributed by atoms with Gasteiger partial charge in [0, 0.05) is 11.8 Å². The molecule has 2 unspecified atom stereocenters. The zero-order valence-corrected chi connectivity index (χ0v) is 16.2. The van der Waals surface area contributed by atoms with Crippen LogP contribution in [-0.2, 0) is 0 Å². The van der Waals surface area contributed by atoms with Crippen LogP contribution in [0.25, 0.3) is 16.7 Å². The van der Waals surface area contributed by atoms with Gasteiger partial charge in [-0.2, -0.15) is 0 Å². The Balaban J connectivity index is 1.50. The second-order valence-corrected chi connectivity index (χ2v) is 8.51. The van der Waals surface area contributed by atoms with Crippen molar-refractivity contribution in [3.05, 3.63) is 113 Å². The molecule has 0 spiro atoms. The molecule has 0 heterocycles. The van der Waals surface area contributed by atoms with Crippen molar-refractivity contribution in [2.75, 3.05) is 0 Å². The highest BCUT2D eigenvalue weighted by molar-refractivity contribution is 5.86. The fourth-order valence-electron chi connectivity index (χ4n) is 5.87. The summed E-state index contributed by atoms with van der Waals surface area (Å²) in [6.45, 7) is 2.41. The summed E-state index contributed by atoms with van der Waals surface area (Å²) in [6.07, 6.45) is 7.08. The number of allylic oxidation sites excluding steroid dienone is 4. The van der Waals surface area contributed by atoms with Gasteiger partial charge in [0.05, 0.1) is 0 Å². The second kappa shape index (κ2) is 6.07. The van der Waals surface area contributed by atoms with Crippen LogP contribution in [0.2, 0.25) is 0 Å². The molecule has 0 radical (unpaired) electrons. The van der Waals surface area contributed by atoms with E-state index in [1.54, 1.807) is 5.57 Å². The van der Waals surface area contributed by atoms with Gasteiger partial charge in [-0.25, -0.2) is 0 Å². The van der Waals surface area contributed by atoms with Crippen LogP contribution in [-0.4, -0.2) is 0 Å². The van der Waals surface area contributed by atoms with Gasteiger partial charge in [0.1, 0.15) is 0 Å². The van der Waals surface area contributed by atoms with E-state index in [1.807, 2.05) is 0 Å². The molecule has 0 aliphatic heterocycles. The van der Waals surface area contributed by atoms with Crippen LogP contribution in [0.5, 0.6) is 0 Å². The largest absolute Gasteiger partial charge is 0.0833 e. The Morgan fingerprint density at radius 1 is 0.679 bits per heavy atom. The third kappa shape index (κ3) is 2.18. The molecule has 0 bridgehead atoms. The van der Waals surface area contributed by atoms with Crippen molar-refractivity contribution in [3.8, 4) is 11.1 Å². The lowest BCUT2D eigenvalue weighted by Crippen LogP contribution is -2.12. The van der Waals surface area contributed by atoms with E-state index in [0.29, 0.717) is 17.8 Å². The fourth-order valence-corrected chi connectivity index (χ4v) is 5.87. The van der Waals surface area contributed by atoms with Crippen molar-refractivity contribution in [1.82, 2.24) is 0 Å². The molecule has 28 heavy (non-hydrogen) atoms. The summed E-state index contributed by atoms with van der Waals surface area (Å²) in [5, 5.41) is 0. The number of hydrogen-bond acceptors (Lipinski definition) is 0. The summed E-state index contributed by atoms with van der Waals surface area (Å²) in [6, 6.07) is 27.2. The molecule has 0 fully saturated rings. The van der Waals surface area contributed by atoms with Gasteiger partial charge in [0.2, 0.25) is 0 Å². The lowest BCUT2D eigenvalue weighted by molar-refractivity contribution is 0.569. The van der Waals surface area contributed by atoms with Crippen LogP contribution in [0.4, 0.5) is 0 Å². The topological polar surface area (TPSA) is 0 Å². The van der Waals surface area contributed by atoms with Crippen molar-refractivity contribution >= 4 is 5.57 Å². The Morgan fingerprint density at radius 3 is 1.86 bits per heavy atom. The second-order valence-electron chi connectivity index (χ2n) is 8.51. The lowest BCUT2D eigenvalue weighted by atomic mass is 9.77. The third-order valence-corrected chi connectivity index (χ3v) is 7.05. The smallest absolute Gasteiger partial charge is 0.0111 e. The van der Waals surface area contributed by atoms with E-state index in [4.69, 9.17) is 0 Å². The van der Waals surface area contributed by atoms with Crippen molar-refractivity contribution in [3.63, 3.8) is 0 Å². The Bertz CT molecular complexity index is 1100. The molecule has 0 saturated carbocycles. The molecule has 3 aliphatic carbocycles. The molecule has 0 heteroatoms. The predicted molar refractivity (Wildman–Crippen MR) is 117 cm³/mol. The minimum atomic E-state index is 0.482. The Kier molecular flexibility index (Phi) is 3.50. The summed E-state index contributed by atoms with van der Waals surface area (Å²) >= 11 is 0. The number of hydrogen-bond donors (Lipinski definition) is 0. The molecule has 136 valence electrons. The van der Waals surface area contributed by atoms with Gasteiger partial charge in [-0.05, 0) is 57.7 Å². The van der Waals surface area contributed by atoms with E-state index in [9.17, 15) is 0 Å². The van der Waals surface area contributed by atoms with Crippen LogP contribution in [0.1, 0.15) is 53.9 Å². The van der Waals surface area contributed by atoms with Gasteiger partial charge in [-0.3, -0.25) is 0 Å². The molecule has 0 N–H and O–H groups in total. The summed E-state index contributed by atoms with van der Waals surface area (Å²) < 4.78 is 0. The van der Waals surface area contributed by atoms with Crippen LogP contribution in [0, 0.1) is 5.92 Å². The highest BCUT2D eigenvalue weighted by Crippen LogP contribution is 2.55. The molecule has 3 aliphatic rings. The van der Waals surface area contributed by atoms with Gasteiger partial charge in [-0.1, -0.05) is 97.4 Å². The van der Waals surface area contributed by atoms with Gasteiger partial charge in [0.25, 0.3) is 0 Å². The van der Waals surface area contributed by atoms with Gasteiger partial charge in [-0.15, -0.1) is 0 Å². The highest BCUT2D eigenvalue weighted by atomic mass is 14.4. The third-order valence-electron chi connectivity index (χ3n) is 7.05. The Labute approximate surface area is 167 Å². The minimum absolute atomic E-state index is 0.482. The first-order valence-electron chi connectivity index (χ1n) is 10.5. The fraction of sp³-hybridized carbons (Fsp3) is 0.214. The van der Waals surface area contributed by atoms with Crippen molar-refractivity contribution in [2.45, 2.75) is 31.6 Å². The average Bonchev–Trinajstić information content (AvgIpc) is 3.24. The van der Waals surface area contributed by atoms with E-state index < -0.39 is 0 Å². The highest BCUT2D eigenvalue weighted by Gasteiger charge is 2.38. The zero-order chi connectivity index (χ0) is 18.7. The number of benzene rings is 3. The van der Waals surface area contributed by atoms with Gasteiger partial charge in [0.15, 0.2) is 0 Å². The van der Waals surface area contributed by atoms with Crippen molar-refractivity contribution in [1.29, 1.82) is 0 Å². The molecule has 0 nitrogen and oxygen atoms in total. The minimum Gasteiger partial charge on any atom is -0.0833 e. The lowest BCUT2D eigenvalue weighted by Gasteiger charge is -2.27. The van der Waals surface area contributed by atoms with Crippen LogP contribution in [0.3, 0.4) is 0 Å². The Morgan fingerprint density at radius 2 is 1.21 bits per heavy atom. The average molecular weight is 361 g/mol. The van der Waals surface area contributed by atoms with E-state index in [0.717, 1.165) is 0 Å². The molecule has 2 atom stereocenters. The van der Waals surface area contributed by atoms with Crippen LogP contribution >= 0.6 is 0 Å². The zero-order valence-electron chi connectivity index (χ0n) is 16.2. The van der Waals surface area contributed by atoms with E-state index in [1.165, 1.54) is 51.8 Å². The summed E-state index contributed by atoms with van der Waals surface area (Å²) in [5.41, 5.74) is 12.0. The van der Waals surface area contributed by atoms with Crippen LogP contribution < -0.4 is 0 Å². The maximum Gasteiger partial charge on any atom is 0.0111 e.